The van der Waals surface area contributed by atoms with Crippen LogP contribution in [-0.4, -0.2) is 14.8 Å². The SMILES string of the molecule is CC(NCc1ccc(-n2cncn2)c(F)c1)c1ccc(F)cc1F. The number of nitrogens with one attached hydrogen (secondary N) is 1. The van der Waals surface area contributed by atoms with Crippen LogP contribution in [0.5, 0.6) is 0 Å². The van der Waals surface area contributed by atoms with E-state index in [9.17, 15) is 13.2 Å². The smallest absolute Gasteiger partial charge is 0.149 e. The lowest BCUT2D eigenvalue weighted by Crippen LogP contribution is -2.19. The molecule has 0 radical (unpaired) electrons. The van der Waals surface area contributed by atoms with Crippen molar-refractivity contribution in [3.8, 4) is 5.69 Å². The van der Waals surface area contributed by atoms with Gasteiger partial charge in [-0.15, -0.1) is 0 Å². The Hall–Kier alpha value is -2.67. The molecule has 1 heterocycles. The third-order valence-electron chi connectivity index (χ3n) is 3.72. The number of nitrogens with zero attached hydrogens (tertiary/aromatic N) is 3. The number of hydrogen-bond acceptors (Lipinski definition) is 3. The minimum absolute atomic E-state index is 0.300. The normalized spacial score (nSPS) is 12.3. The Kier molecular flexibility index (Phi) is 4.61. The van der Waals surface area contributed by atoms with Gasteiger partial charge in [0.25, 0.3) is 0 Å². The lowest BCUT2D eigenvalue weighted by molar-refractivity contribution is 0.516. The van der Waals surface area contributed by atoms with Gasteiger partial charge in [0.15, 0.2) is 0 Å². The van der Waals surface area contributed by atoms with Crippen LogP contribution in [0.3, 0.4) is 0 Å². The van der Waals surface area contributed by atoms with Gasteiger partial charge in [0.2, 0.25) is 0 Å². The predicted octanol–water partition coefficient (Wildman–Crippen LogP) is 3.54. The highest BCUT2D eigenvalue weighted by molar-refractivity contribution is 5.35. The average molecular weight is 332 g/mol. The van der Waals surface area contributed by atoms with E-state index < -0.39 is 17.5 Å². The molecule has 1 N–H and O–H groups in total. The summed E-state index contributed by atoms with van der Waals surface area (Å²) in [5.41, 5.74) is 1.36. The van der Waals surface area contributed by atoms with E-state index in [1.54, 1.807) is 19.1 Å². The summed E-state index contributed by atoms with van der Waals surface area (Å²) in [6.07, 6.45) is 2.74. The van der Waals surface area contributed by atoms with Crippen LogP contribution in [0.15, 0.2) is 49.1 Å². The standard InChI is InChI=1S/C17H15F3N4/c1-11(14-4-3-13(18)7-15(14)19)22-8-12-2-5-17(16(20)6-12)24-10-21-9-23-24/h2-7,9-11,22H,8H2,1H3. The number of halogens is 3. The Labute approximate surface area is 137 Å². The maximum Gasteiger partial charge on any atom is 0.149 e. The van der Waals surface area contributed by atoms with Crippen LogP contribution in [0.25, 0.3) is 5.69 Å². The van der Waals surface area contributed by atoms with Gasteiger partial charge in [-0.3, -0.25) is 0 Å². The molecule has 4 nitrogen and oxygen atoms in total. The molecule has 0 aliphatic heterocycles. The molecular formula is C17H15F3N4. The van der Waals surface area contributed by atoms with Gasteiger partial charge < -0.3 is 5.32 Å². The third kappa shape index (κ3) is 3.46. The van der Waals surface area contributed by atoms with E-state index in [2.05, 4.69) is 15.4 Å². The molecule has 124 valence electrons. The average Bonchev–Trinajstić information content (AvgIpc) is 3.07. The summed E-state index contributed by atoms with van der Waals surface area (Å²) < 4.78 is 42.2. The van der Waals surface area contributed by atoms with E-state index in [-0.39, 0.29) is 6.04 Å². The zero-order chi connectivity index (χ0) is 17.1. The Balaban J connectivity index is 1.69. The molecule has 0 bridgehead atoms. The molecule has 0 saturated carbocycles. The number of hydrogen-bond donors (Lipinski definition) is 1. The van der Waals surface area contributed by atoms with Crippen molar-refractivity contribution in [3.63, 3.8) is 0 Å². The monoisotopic (exact) mass is 332 g/mol. The molecule has 0 saturated heterocycles. The second-order valence-corrected chi connectivity index (χ2v) is 5.39. The number of benzene rings is 2. The first-order chi connectivity index (χ1) is 11.5. The van der Waals surface area contributed by atoms with E-state index in [1.165, 1.54) is 35.5 Å². The number of aromatic nitrogens is 3. The van der Waals surface area contributed by atoms with Crippen molar-refractivity contribution in [2.24, 2.45) is 0 Å². The van der Waals surface area contributed by atoms with E-state index in [0.29, 0.717) is 23.4 Å². The molecule has 2 aromatic carbocycles. The van der Waals surface area contributed by atoms with Gasteiger partial charge in [0.1, 0.15) is 35.8 Å². The second-order valence-electron chi connectivity index (χ2n) is 5.39. The molecule has 1 unspecified atom stereocenters. The first-order valence-electron chi connectivity index (χ1n) is 7.36. The quantitative estimate of drug-likeness (QED) is 0.777. The van der Waals surface area contributed by atoms with Crippen LogP contribution >= 0.6 is 0 Å². The highest BCUT2D eigenvalue weighted by atomic mass is 19.1. The topological polar surface area (TPSA) is 42.7 Å². The van der Waals surface area contributed by atoms with E-state index in [4.69, 9.17) is 0 Å². The van der Waals surface area contributed by atoms with Crippen molar-refractivity contribution in [3.05, 3.63) is 77.6 Å². The highest BCUT2D eigenvalue weighted by Gasteiger charge is 2.12. The van der Waals surface area contributed by atoms with Crippen molar-refractivity contribution in [2.75, 3.05) is 0 Å². The Morgan fingerprint density at radius 3 is 2.58 bits per heavy atom. The summed E-state index contributed by atoms with van der Waals surface area (Å²) in [6, 6.07) is 7.85. The first-order valence-corrected chi connectivity index (χ1v) is 7.36. The van der Waals surface area contributed by atoms with Crippen LogP contribution in [0.1, 0.15) is 24.1 Å². The van der Waals surface area contributed by atoms with Crippen LogP contribution < -0.4 is 5.32 Å². The molecule has 0 aliphatic rings. The predicted molar refractivity (Wildman–Crippen MR) is 82.9 cm³/mol. The van der Waals surface area contributed by atoms with Crippen molar-refractivity contribution in [1.82, 2.24) is 20.1 Å². The molecule has 0 spiro atoms. The van der Waals surface area contributed by atoms with Gasteiger partial charge in [-0.25, -0.2) is 22.8 Å². The molecule has 1 aromatic heterocycles. The van der Waals surface area contributed by atoms with Gasteiger partial charge in [-0.2, -0.15) is 5.10 Å². The number of rotatable bonds is 5. The largest absolute Gasteiger partial charge is 0.306 e. The lowest BCUT2D eigenvalue weighted by Gasteiger charge is -2.15. The summed E-state index contributed by atoms with van der Waals surface area (Å²) in [4.78, 5) is 3.78. The molecule has 0 amide bonds. The molecule has 7 heteroatoms. The summed E-state index contributed by atoms with van der Waals surface area (Å²) >= 11 is 0. The molecule has 24 heavy (non-hydrogen) atoms. The van der Waals surface area contributed by atoms with Crippen LogP contribution in [0, 0.1) is 17.5 Å². The van der Waals surface area contributed by atoms with Gasteiger partial charge in [-0.05, 0) is 30.7 Å². The van der Waals surface area contributed by atoms with Crippen LogP contribution in [-0.2, 0) is 6.54 Å². The fraction of sp³-hybridized carbons (Fsp3) is 0.176. The van der Waals surface area contributed by atoms with Gasteiger partial charge >= 0.3 is 0 Å². The van der Waals surface area contributed by atoms with Gasteiger partial charge in [0.05, 0.1) is 0 Å². The molecule has 3 aromatic rings. The first kappa shape index (κ1) is 16.2. The third-order valence-corrected chi connectivity index (χ3v) is 3.72. The minimum atomic E-state index is -0.616. The molecule has 3 rings (SSSR count). The maximum absolute atomic E-state index is 14.2. The van der Waals surface area contributed by atoms with Gasteiger partial charge in [0, 0.05) is 24.2 Å². The fourth-order valence-electron chi connectivity index (χ4n) is 2.41. The summed E-state index contributed by atoms with van der Waals surface area (Å²) in [5.74, 6) is -1.66. The van der Waals surface area contributed by atoms with Crippen molar-refractivity contribution >= 4 is 0 Å². The summed E-state index contributed by atoms with van der Waals surface area (Å²) in [7, 11) is 0. The van der Waals surface area contributed by atoms with Gasteiger partial charge in [-0.1, -0.05) is 12.1 Å². The maximum atomic E-state index is 14.2. The zero-order valence-corrected chi connectivity index (χ0v) is 12.9. The Bertz CT molecular complexity index is 834. The molecular weight excluding hydrogens is 317 g/mol. The molecule has 0 aliphatic carbocycles. The van der Waals surface area contributed by atoms with Crippen LogP contribution in [0.4, 0.5) is 13.2 Å². The fourth-order valence-corrected chi connectivity index (χ4v) is 2.41. The minimum Gasteiger partial charge on any atom is -0.306 e. The Morgan fingerprint density at radius 2 is 1.92 bits per heavy atom. The van der Waals surface area contributed by atoms with Crippen molar-refractivity contribution in [1.29, 1.82) is 0 Å². The molecule has 1 atom stereocenters. The summed E-state index contributed by atoms with van der Waals surface area (Å²) in [5, 5.41) is 6.98. The zero-order valence-electron chi connectivity index (χ0n) is 12.9. The van der Waals surface area contributed by atoms with E-state index in [0.717, 1.165) is 6.07 Å². The van der Waals surface area contributed by atoms with Crippen molar-refractivity contribution in [2.45, 2.75) is 19.5 Å². The van der Waals surface area contributed by atoms with E-state index in [1.807, 2.05) is 0 Å². The highest BCUT2D eigenvalue weighted by Crippen LogP contribution is 2.19. The lowest BCUT2D eigenvalue weighted by atomic mass is 10.1. The van der Waals surface area contributed by atoms with E-state index >= 15 is 0 Å². The van der Waals surface area contributed by atoms with Crippen molar-refractivity contribution < 1.29 is 13.2 Å². The Morgan fingerprint density at radius 1 is 1.08 bits per heavy atom. The molecule has 0 fully saturated rings. The summed E-state index contributed by atoms with van der Waals surface area (Å²) in [6.45, 7) is 2.10. The second kappa shape index (κ2) is 6.84. The van der Waals surface area contributed by atoms with Crippen LogP contribution in [0.2, 0.25) is 0 Å².